The second kappa shape index (κ2) is 9.62. The first-order valence-electron chi connectivity index (χ1n) is 11.1. The summed E-state index contributed by atoms with van der Waals surface area (Å²) in [5.41, 5.74) is 3.96. The molecule has 2 atom stereocenters. The summed E-state index contributed by atoms with van der Waals surface area (Å²) in [6.07, 6.45) is 1.47. The topological polar surface area (TPSA) is 61.9 Å². The molecule has 2 heterocycles. The van der Waals surface area contributed by atoms with E-state index >= 15 is 0 Å². The molecule has 0 bridgehead atoms. The van der Waals surface area contributed by atoms with Crippen LogP contribution in [0.15, 0.2) is 48.5 Å². The van der Waals surface area contributed by atoms with E-state index in [-0.39, 0.29) is 17.9 Å². The Balaban J connectivity index is 1.49. The zero-order chi connectivity index (χ0) is 21.8. The number of carbonyl (C=O) groups excluding carboxylic acids is 2. The molecule has 2 aromatic rings. The second-order valence-corrected chi connectivity index (χ2v) is 8.48. The van der Waals surface area contributed by atoms with Crippen LogP contribution in [0.2, 0.25) is 0 Å². The lowest BCUT2D eigenvalue weighted by molar-refractivity contribution is -0.143. The lowest BCUT2D eigenvalue weighted by Crippen LogP contribution is -2.53. The van der Waals surface area contributed by atoms with Crippen molar-refractivity contribution in [1.29, 1.82) is 0 Å². The fourth-order valence-corrected chi connectivity index (χ4v) is 4.41. The fourth-order valence-electron chi connectivity index (χ4n) is 4.41. The van der Waals surface area contributed by atoms with E-state index < -0.39 is 6.04 Å². The molecule has 2 unspecified atom stereocenters. The van der Waals surface area contributed by atoms with Gasteiger partial charge in [0.25, 0.3) is 5.91 Å². The summed E-state index contributed by atoms with van der Waals surface area (Å²) in [6.45, 7) is 7.22. The first kappa shape index (κ1) is 21.5. The Morgan fingerprint density at radius 1 is 1.03 bits per heavy atom. The Hall–Kier alpha value is -2.70. The number of nitrogens with zero attached hydrogens (tertiary/aromatic N) is 2. The summed E-state index contributed by atoms with van der Waals surface area (Å²) in [7, 11) is 0. The minimum Gasteiger partial charge on any atom is -0.368 e. The van der Waals surface area contributed by atoms with Crippen molar-refractivity contribution in [2.45, 2.75) is 38.8 Å². The summed E-state index contributed by atoms with van der Waals surface area (Å²) in [4.78, 5) is 30.2. The van der Waals surface area contributed by atoms with Gasteiger partial charge in [0, 0.05) is 38.5 Å². The molecule has 1 N–H and O–H groups in total. The summed E-state index contributed by atoms with van der Waals surface area (Å²) in [6, 6.07) is 15.6. The van der Waals surface area contributed by atoms with Crippen LogP contribution in [0.5, 0.6) is 0 Å². The first-order chi connectivity index (χ1) is 15.0. The molecule has 2 amide bonds. The Kier molecular flexibility index (Phi) is 6.68. The standard InChI is InChI=1S/C25H31N3O3/c1-18-10-11-19(2)21(17-18)26-24(29)23(20-7-4-3-5-8-20)27-12-14-28(15-13-27)25(30)22-9-6-16-31-22/h3-5,7-8,10-11,17,22-23H,6,9,12-16H2,1-2H3,(H,26,29). The highest BCUT2D eigenvalue weighted by molar-refractivity contribution is 5.96. The van der Waals surface area contributed by atoms with Gasteiger partial charge in [-0.2, -0.15) is 0 Å². The van der Waals surface area contributed by atoms with E-state index in [2.05, 4.69) is 10.2 Å². The molecule has 31 heavy (non-hydrogen) atoms. The monoisotopic (exact) mass is 421 g/mol. The molecule has 0 aliphatic carbocycles. The van der Waals surface area contributed by atoms with Gasteiger partial charge in [0.2, 0.25) is 5.91 Å². The predicted octanol–water partition coefficient (Wildman–Crippen LogP) is 3.31. The van der Waals surface area contributed by atoms with Crippen molar-refractivity contribution in [1.82, 2.24) is 9.80 Å². The van der Waals surface area contributed by atoms with Crippen LogP contribution >= 0.6 is 0 Å². The lowest BCUT2D eigenvalue weighted by Gasteiger charge is -2.39. The zero-order valence-electron chi connectivity index (χ0n) is 18.3. The van der Waals surface area contributed by atoms with E-state index in [4.69, 9.17) is 4.74 Å². The summed E-state index contributed by atoms with van der Waals surface area (Å²) >= 11 is 0. The maximum absolute atomic E-state index is 13.4. The van der Waals surface area contributed by atoms with Crippen molar-refractivity contribution in [2.24, 2.45) is 0 Å². The van der Waals surface area contributed by atoms with Crippen molar-refractivity contribution < 1.29 is 14.3 Å². The van der Waals surface area contributed by atoms with E-state index in [1.165, 1.54) is 0 Å². The molecule has 0 saturated carbocycles. The van der Waals surface area contributed by atoms with E-state index in [1.54, 1.807) is 0 Å². The van der Waals surface area contributed by atoms with Crippen LogP contribution < -0.4 is 5.32 Å². The van der Waals surface area contributed by atoms with Crippen LogP contribution in [0.4, 0.5) is 5.69 Å². The highest BCUT2D eigenvalue weighted by atomic mass is 16.5. The highest BCUT2D eigenvalue weighted by Gasteiger charge is 2.34. The molecule has 0 radical (unpaired) electrons. The van der Waals surface area contributed by atoms with Gasteiger partial charge in [-0.1, -0.05) is 42.5 Å². The summed E-state index contributed by atoms with van der Waals surface area (Å²) in [5.74, 6) is 0.0482. The van der Waals surface area contributed by atoms with Crippen molar-refractivity contribution in [3.8, 4) is 0 Å². The number of amides is 2. The molecule has 2 saturated heterocycles. The first-order valence-corrected chi connectivity index (χ1v) is 11.1. The maximum Gasteiger partial charge on any atom is 0.251 e. The number of rotatable bonds is 5. The molecule has 6 nitrogen and oxygen atoms in total. The molecule has 0 spiro atoms. The SMILES string of the molecule is Cc1ccc(C)c(NC(=O)C(c2ccccc2)N2CCN(C(=O)C3CCCO3)CC2)c1. The van der Waals surface area contributed by atoms with Crippen LogP contribution in [0.3, 0.4) is 0 Å². The van der Waals surface area contributed by atoms with Gasteiger partial charge in [-0.3, -0.25) is 14.5 Å². The number of hydrogen-bond donors (Lipinski definition) is 1. The highest BCUT2D eigenvalue weighted by Crippen LogP contribution is 2.26. The minimum atomic E-state index is -0.402. The Labute approximate surface area is 184 Å². The quantitative estimate of drug-likeness (QED) is 0.805. The van der Waals surface area contributed by atoms with Gasteiger partial charge in [-0.25, -0.2) is 0 Å². The van der Waals surface area contributed by atoms with Gasteiger partial charge in [0.15, 0.2) is 0 Å². The Morgan fingerprint density at radius 2 is 1.77 bits per heavy atom. The average Bonchev–Trinajstić information content (AvgIpc) is 3.32. The third-order valence-corrected chi connectivity index (χ3v) is 6.21. The van der Waals surface area contributed by atoms with Crippen LogP contribution in [-0.2, 0) is 14.3 Å². The molecule has 0 aromatic heterocycles. The number of anilines is 1. The third kappa shape index (κ3) is 4.97. The molecule has 2 aliphatic heterocycles. The number of hydrogen-bond acceptors (Lipinski definition) is 4. The zero-order valence-corrected chi connectivity index (χ0v) is 18.3. The minimum absolute atomic E-state index is 0.0428. The number of benzene rings is 2. The van der Waals surface area contributed by atoms with Gasteiger partial charge in [-0.05, 0) is 49.4 Å². The molecule has 164 valence electrons. The summed E-state index contributed by atoms with van der Waals surface area (Å²) < 4.78 is 5.57. The molecular weight excluding hydrogens is 390 g/mol. The van der Waals surface area contributed by atoms with E-state index in [0.717, 1.165) is 35.2 Å². The average molecular weight is 422 g/mol. The smallest absolute Gasteiger partial charge is 0.251 e. The predicted molar refractivity (Wildman–Crippen MR) is 121 cm³/mol. The van der Waals surface area contributed by atoms with Gasteiger partial charge < -0.3 is 15.0 Å². The van der Waals surface area contributed by atoms with E-state index in [9.17, 15) is 9.59 Å². The third-order valence-electron chi connectivity index (χ3n) is 6.21. The van der Waals surface area contributed by atoms with Gasteiger partial charge in [0.05, 0.1) is 0 Å². The van der Waals surface area contributed by atoms with Gasteiger partial charge in [0.1, 0.15) is 12.1 Å². The number of carbonyl (C=O) groups is 2. The van der Waals surface area contributed by atoms with Crippen molar-refractivity contribution in [2.75, 3.05) is 38.1 Å². The van der Waals surface area contributed by atoms with Gasteiger partial charge in [-0.15, -0.1) is 0 Å². The Bertz CT molecular complexity index is 917. The molecule has 2 aromatic carbocycles. The number of ether oxygens (including phenoxy) is 1. The van der Waals surface area contributed by atoms with E-state index in [1.807, 2.05) is 67.3 Å². The molecule has 2 aliphatic rings. The largest absolute Gasteiger partial charge is 0.368 e. The lowest BCUT2D eigenvalue weighted by atomic mass is 10.0. The normalized spacial score (nSPS) is 20.5. The number of aryl methyl sites for hydroxylation is 2. The summed E-state index contributed by atoms with van der Waals surface area (Å²) in [5, 5.41) is 3.14. The van der Waals surface area contributed by atoms with Crippen molar-refractivity contribution in [3.63, 3.8) is 0 Å². The fraction of sp³-hybridized carbons (Fsp3) is 0.440. The van der Waals surface area contributed by atoms with Crippen LogP contribution in [0.25, 0.3) is 0 Å². The van der Waals surface area contributed by atoms with Crippen LogP contribution in [0.1, 0.15) is 35.6 Å². The van der Waals surface area contributed by atoms with Crippen molar-refractivity contribution in [3.05, 3.63) is 65.2 Å². The number of piperazine rings is 1. The second-order valence-electron chi connectivity index (χ2n) is 8.48. The maximum atomic E-state index is 13.4. The molecular formula is C25H31N3O3. The number of nitrogens with one attached hydrogen (secondary N) is 1. The molecule has 6 heteroatoms. The van der Waals surface area contributed by atoms with Crippen LogP contribution in [0, 0.1) is 13.8 Å². The Morgan fingerprint density at radius 3 is 2.45 bits per heavy atom. The molecule has 2 fully saturated rings. The molecule has 4 rings (SSSR count). The van der Waals surface area contributed by atoms with Crippen LogP contribution in [-0.4, -0.2) is 60.5 Å². The van der Waals surface area contributed by atoms with Crippen molar-refractivity contribution >= 4 is 17.5 Å². The van der Waals surface area contributed by atoms with Gasteiger partial charge >= 0.3 is 0 Å². The van der Waals surface area contributed by atoms with E-state index in [0.29, 0.717) is 32.8 Å².